The number of rotatable bonds is 4. The van der Waals surface area contributed by atoms with Crippen LogP contribution in [0.15, 0.2) is 12.3 Å². The Kier molecular flexibility index (Phi) is 4.04. The summed E-state index contributed by atoms with van der Waals surface area (Å²) in [5.74, 6) is 0. The summed E-state index contributed by atoms with van der Waals surface area (Å²) < 4.78 is 5.95. The van der Waals surface area contributed by atoms with Gasteiger partial charge in [0.25, 0.3) is 0 Å². The van der Waals surface area contributed by atoms with Crippen molar-refractivity contribution in [2.75, 3.05) is 5.50 Å². The molecule has 0 saturated heterocycles. The van der Waals surface area contributed by atoms with Crippen molar-refractivity contribution in [3.63, 3.8) is 0 Å². The van der Waals surface area contributed by atoms with Crippen LogP contribution in [0.4, 0.5) is 0 Å². The predicted molar refractivity (Wildman–Crippen MR) is 57.0 cm³/mol. The molecule has 0 spiro atoms. The van der Waals surface area contributed by atoms with Crippen LogP contribution in [0.2, 0.25) is 26.2 Å². The highest BCUT2D eigenvalue weighted by atomic mass is 35.5. The number of halogens is 1. The maximum atomic E-state index is 5.95. The smallest absolute Gasteiger partial charge is 0.198 e. The zero-order valence-electron chi connectivity index (χ0n) is 7.78. The molecule has 0 aromatic carbocycles. The SMILES string of the molecule is C=C[Si](C)(C)O[Si](C)(C)CCl. The Bertz CT molecular complexity index is 145. The Morgan fingerprint density at radius 3 is 2.09 bits per heavy atom. The molecule has 0 bridgehead atoms. The Balaban J connectivity index is 4.12. The van der Waals surface area contributed by atoms with Gasteiger partial charge >= 0.3 is 0 Å². The van der Waals surface area contributed by atoms with Gasteiger partial charge in [-0.25, -0.2) is 0 Å². The van der Waals surface area contributed by atoms with Crippen molar-refractivity contribution in [1.29, 1.82) is 0 Å². The number of hydrogen-bond acceptors (Lipinski definition) is 1. The fraction of sp³-hybridized carbons (Fsp3) is 0.714. The average Bonchev–Trinajstić information content (AvgIpc) is 1.86. The van der Waals surface area contributed by atoms with Gasteiger partial charge in [0.1, 0.15) is 0 Å². The lowest BCUT2D eigenvalue weighted by Crippen LogP contribution is -2.44. The van der Waals surface area contributed by atoms with E-state index in [1.54, 1.807) is 0 Å². The molecule has 0 aliphatic heterocycles. The highest BCUT2D eigenvalue weighted by Gasteiger charge is 2.29. The summed E-state index contributed by atoms with van der Waals surface area (Å²) in [5, 5.41) is 0. The second-order valence-electron chi connectivity index (χ2n) is 3.80. The minimum Gasteiger partial charge on any atom is -0.452 e. The van der Waals surface area contributed by atoms with E-state index in [2.05, 4.69) is 32.8 Å². The Hall–Kier alpha value is 0.424. The molecule has 0 heterocycles. The maximum Gasteiger partial charge on any atom is 0.198 e. The molecule has 0 aliphatic rings. The van der Waals surface area contributed by atoms with E-state index in [1.165, 1.54) is 0 Å². The lowest BCUT2D eigenvalue weighted by atomic mass is 11.3. The van der Waals surface area contributed by atoms with Gasteiger partial charge in [0.15, 0.2) is 16.6 Å². The molecular weight excluding hydrogens is 192 g/mol. The standard InChI is InChI=1S/C7H17ClOSi2/c1-6-10(2,3)9-11(4,5)7-8/h6H,1,7H2,2-5H3. The third kappa shape index (κ3) is 4.79. The van der Waals surface area contributed by atoms with E-state index in [0.29, 0.717) is 5.50 Å². The highest BCUT2D eigenvalue weighted by Crippen LogP contribution is 2.15. The summed E-state index contributed by atoms with van der Waals surface area (Å²) in [7, 11) is -3.17. The molecular formula is C7H17ClOSi2. The third-order valence-corrected chi connectivity index (χ3v) is 9.23. The summed E-state index contributed by atoms with van der Waals surface area (Å²) in [5.41, 5.74) is 2.62. The molecule has 0 radical (unpaired) electrons. The van der Waals surface area contributed by atoms with Gasteiger partial charge in [-0.3, -0.25) is 0 Å². The van der Waals surface area contributed by atoms with E-state index >= 15 is 0 Å². The van der Waals surface area contributed by atoms with Crippen LogP contribution in [0.1, 0.15) is 0 Å². The summed E-state index contributed by atoms with van der Waals surface area (Å²) in [6.07, 6.45) is 0. The summed E-state index contributed by atoms with van der Waals surface area (Å²) in [6, 6.07) is 0. The van der Waals surface area contributed by atoms with E-state index < -0.39 is 16.6 Å². The molecule has 0 atom stereocenters. The minimum atomic E-state index is -1.59. The first-order valence-electron chi connectivity index (χ1n) is 3.73. The van der Waals surface area contributed by atoms with Gasteiger partial charge in [0, 0.05) is 5.50 Å². The van der Waals surface area contributed by atoms with Crippen molar-refractivity contribution in [1.82, 2.24) is 0 Å². The van der Waals surface area contributed by atoms with Crippen LogP contribution in [-0.2, 0) is 4.12 Å². The van der Waals surface area contributed by atoms with E-state index in [4.69, 9.17) is 15.7 Å². The topological polar surface area (TPSA) is 9.23 Å². The molecule has 0 aliphatic carbocycles. The fourth-order valence-electron chi connectivity index (χ4n) is 0.781. The molecule has 0 aromatic heterocycles. The van der Waals surface area contributed by atoms with Gasteiger partial charge in [-0.15, -0.1) is 18.2 Å². The van der Waals surface area contributed by atoms with Gasteiger partial charge in [0.05, 0.1) is 0 Å². The van der Waals surface area contributed by atoms with Gasteiger partial charge in [0.2, 0.25) is 0 Å². The van der Waals surface area contributed by atoms with E-state index in [1.807, 2.05) is 5.70 Å². The predicted octanol–water partition coefficient (Wildman–Crippen LogP) is 2.92. The maximum absolute atomic E-state index is 5.95. The van der Waals surface area contributed by atoms with E-state index in [0.717, 1.165) is 0 Å². The molecule has 11 heavy (non-hydrogen) atoms. The first-order chi connectivity index (χ1) is 4.83. The summed E-state index contributed by atoms with van der Waals surface area (Å²) in [4.78, 5) is 0. The minimum absolute atomic E-state index is 0.664. The lowest BCUT2D eigenvalue weighted by molar-refractivity contribution is 0.563. The zero-order valence-corrected chi connectivity index (χ0v) is 10.5. The zero-order chi connectivity index (χ0) is 9.12. The van der Waals surface area contributed by atoms with Gasteiger partial charge in [-0.05, 0) is 26.2 Å². The van der Waals surface area contributed by atoms with Crippen LogP contribution in [-0.4, -0.2) is 22.1 Å². The van der Waals surface area contributed by atoms with E-state index in [-0.39, 0.29) is 0 Å². The van der Waals surface area contributed by atoms with Crippen LogP contribution < -0.4 is 0 Å². The second kappa shape index (κ2) is 3.89. The van der Waals surface area contributed by atoms with Gasteiger partial charge in [-0.1, -0.05) is 5.70 Å². The second-order valence-corrected chi connectivity index (χ2v) is 12.8. The molecule has 0 saturated carbocycles. The summed E-state index contributed by atoms with van der Waals surface area (Å²) >= 11 is 5.78. The Morgan fingerprint density at radius 1 is 1.36 bits per heavy atom. The Labute approximate surface area is 76.7 Å². The van der Waals surface area contributed by atoms with Crippen LogP contribution in [0.3, 0.4) is 0 Å². The molecule has 4 heteroatoms. The van der Waals surface area contributed by atoms with Crippen molar-refractivity contribution < 1.29 is 4.12 Å². The van der Waals surface area contributed by atoms with Crippen molar-refractivity contribution in [3.8, 4) is 0 Å². The molecule has 0 amide bonds. The first kappa shape index (κ1) is 11.4. The van der Waals surface area contributed by atoms with Gasteiger partial charge in [-0.2, -0.15) is 0 Å². The van der Waals surface area contributed by atoms with Crippen LogP contribution in [0.5, 0.6) is 0 Å². The largest absolute Gasteiger partial charge is 0.452 e. The number of alkyl halides is 1. The normalized spacial score (nSPS) is 13.2. The third-order valence-electron chi connectivity index (χ3n) is 1.35. The quantitative estimate of drug-likeness (QED) is 0.510. The van der Waals surface area contributed by atoms with Crippen LogP contribution in [0.25, 0.3) is 0 Å². The Morgan fingerprint density at radius 2 is 1.82 bits per heavy atom. The molecule has 0 unspecified atom stereocenters. The molecule has 0 rings (SSSR count). The summed E-state index contributed by atoms with van der Waals surface area (Å²) in [6.45, 7) is 12.3. The lowest BCUT2D eigenvalue weighted by Gasteiger charge is -2.30. The molecule has 0 aromatic rings. The van der Waals surface area contributed by atoms with E-state index in [9.17, 15) is 0 Å². The fourth-order valence-corrected chi connectivity index (χ4v) is 7.52. The average molecular weight is 209 g/mol. The van der Waals surface area contributed by atoms with Crippen molar-refractivity contribution in [3.05, 3.63) is 12.3 Å². The number of hydrogen-bond donors (Lipinski definition) is 0. The van der Waals surface area contributed by atoms with Crippen molar-refractivity contribution in [2.45, 2.75) is 26.2 Å². The molecule has 0 N–H and O–H groups in total. The highest BCUT2D eigenvalue weighted by molar-refractivity contribution is 6.89. The van der Waals surface area contributed by atoms with Crippen molar-refractivity contribution in [2.24, 2.45) is 0 Å². The van der Waals surface area contributed by atoms with Crippen LogP contribution >= 0.6 is 11.6 Å². The molecule has 0 fully saturated rings. The van der Waals surface area contributed by atoms with Gasteiger partial charge < -0.3 is 4.12 Å². The van der Waals surface area contributed by atoms with Crippen LogP contribution in [0, 0.1) is 0 Å². The monoisotopic (exact) mass is 208 g/mol. The molecule has 1 nitrogen and oxygen atoms in total. The molecule has 66 valence electrons. The first-order valence-corrected chi connectivity index (χ1v) is 10.4. The van der Waals surface area contributed by atoms with Crippen molar-refractivity contribution >= 4 is 28.2 Å².